The summed E-state index contributed by atoms with van der Waals surface area (Å²) in [6.45, 7) is 6.37. The zero-order valence-electron chi connectivity index (χ0n) is 10.5. The highest BCUT2D eigenvalue weighted by Gasteiger charge is 2.28. The van der Waals surface area contributed by atoms with Gasteiger partial charge in [0.15, 0.2) is 0 Å². The first-order valence-electron chi connectivity index (χ1n) is 6.01. The third-order valence-electron chi connectivity index (χ3n) is 3.16. The fourth-order valence-corrected chi connectivity index (χ4v) is 1.97. The summed E-state index contributed by atoms with van der Waals surface area (Å²) in [5.74, 6) is 0.224. The van der Waals surface area contributed by atoms with Crippen LogP contribution in [-0.4, -0.2) is 23.7 Å². The van der Waals surface area contributed by atoms with Gasteiger partial charge in [-0.25, -0.2) is 0 Å². The molecular formula is C13H23NO2. The van der Waals surface area contributed by atoms with Gasteiger partial charge in [0.05, 0.1) is 0 Å². The van der Waals surface area contributed by atoms with E-state index in [0.717, 1.165) is 12.8 Å². The topological polar surface area (TPSA) is 49.3 Å². The monoisotopic (exact) mass is 225 g/mol. The molecular weight excluding hydrogens is 202 g/mol. The van der Waals surface area contributed by atoms with Crippen molar-refractivity contribution in [2.75, 3.05) is 6.61 Å². The van der Waals surface area contributed by atoms with E-state index in [2.05, 4.69) is 38.2 Å². The Balaban J connectivity index is 2.51. The summed E-state index contributed by atoms with van der Waals surface area (Å²) in [7, 11) is 0. The van der Waals surface area contributed by atoms with Gasteiger partial charge >= 0.3 is 0 Å². The van der Waals surface area contributed by atoms with Gasteiger partial charge in [0.2, 0.25) is 5.91 Å². The lowest BCUT2D eigenvalue weighted by Gasteiger charge is -2.32. The quantitative estimate of drug-likeness (QED) is 0.718. The van der Waals surface area contributed by atoms with Crippen LogP contribution in [0.15, 0.2) is 12.2 Å². The third-order valence-corrected chi connectivity index (χ3v) is 3.16. The van der Waals surface area contributed by atoms with Gasteiger partial charge in [0.25, 0.3) is 0 Å². The second kappa shape index (κ2) is 5.48. The Morgan fingerprint density at radius 1 is 1.44 bits per heavy atom. The van der Waals surface area contributed by atoms with Crippen LogP contribution in [0.2, 0.25) is 0 Å². The van der Waals surface area contributed by atoms with Crippen molar-refractivity contribution < 1.29 is 9.90 Å². The number of hydrogen-bond acceptors (Lipinski definition) is 2. The average Bonchev–Trinajstić information content (AvgIpc) is 2.68. The van der Waals surface area contributed by atoms with Gasteiger partial charge in [0.1, 0.15) is 0 Å². The minimum absolute atomic E-state index is 0.00950. The number of carbonyl (C=O) groups excluding carboxylic acids is 1. The Morgan fingerprint density at radius 3 is 2.44 bits per heavy atom. The van der Waals surface area contributed by atoms with E-state index in [1.165, 1.54) is 0 Å². The van der Waals surface area contributed by atoms with Crippen LogP contribution in [0.25, 0.3) is 0 Å². The summed E-state index contributed by atoms with van der Waals surface area (Å²) in [6, 6.07) is 0.0469. The lowest BCUT2D eigenvalue weighted by atomic mass is 9.84. The molecule has 92 valence electrons. The van der Waals surface area contributed by atoms with Crippen molar-refractivity contribution in [3.05, 3.63) is 12.2 Å². The number of aliphatic hydroxyl groups excluding tert-OH is 1. The number of amides is 1. The van der Waals surface area contributed by atoms with Crippen LogP contribution in [-0.2, 0) is 4.79 Å². The molecule has 0 radical (unpaired) electrons. The smallest absolute Gasteiger partial charge is 0.223 e. The van der Waals surface area contributed by atoms with E-state index in [9.17, 15) is 4.79 Å². The molecule has 0 heterocycles. The zero-order valence-corrected chi connectivity index (χ0v) is 10.5. The standard InChI is InChI=1S/C13H23NO2/c1-13(2,3)11(8-9-15)14-12(16)10-6-4-5-7-10/h4-5,10-11,15H,6-9H2,1-3H3,(H,14,16). The van der Waals surface area contributed by atoms with Crippen molar-refractivity contribution in [1.29, 1.82) is 0 Å². The minimum atomic E-state index is -0.00950. The summed E-state index contributed by atoms with van der Waals surface area (Å²) in [4.78, 5) is 11.9. The van der Waals surface area contributed by atoms with Crippen molar-refractivity contribution in [1.82, 2.24) is 5.32 Å². The van der Waals surface area contributed by atoms with Gasteiger partial charge in [0, 0.05) is 18.6 Å². The third kappa shape index (κ3) is 3.63. The molecule has 1 aliphatic carbocycles. The fraction of sp³-hybridized carbons (Fsp3) is 0.769. The van der Waals surface area contributed by atoms with Gasteiger partial charge in [-0.05, 0) is 24.7 Å². The molecule has 1 unspecified atom stereocenters. The second-order valence-electron chi connectivity index (χ2n) is 5.58. The Morgan fingerprint density at radius 2 is 2.00 bits per heavy atom. The maximum atomic E-state index is 11.9. The van der Waals surface area contributed by atoms with E-state index in [1.54, 1.807) is 0 Å². The number of carbonyl (C=O) groups is 1. The zero-order chi connectivity index (χ0) is 12.2. The van der Waals surface area contributed by atoms with Crippen molar-refractivity contribution in [3.63, 3.8) is 0 Å². The van der Waals surface area contributed by atoms with E-state index >= 15 is 0 Å². The highest BCUT2D eigenvalue weighted by atomic mass is 16.3. The number of hydrogen-bond donors (Lipinski definition) is 2. The lowest BCUT2D eigenvalue weighted by molar-refractivity contribution is -0.126. The first-order chi connectivity index (χ1) is 7.45. The molecule has 0 aromatic heterocycles. The summed E-state index contributed by atoms with van der Waals surface area (Å²) in [6.07, 6.45) is 6.43. The van der Waals surface area contributed by atoms with Crippen molar-refractivity contribution in [3.8, 4) is 0 Å². The first kappa shape index (κ1) is 13.2. The Kier molecular flexibility index (Phi) is 4.54. The van der Waals surface area contributed by atoms with Crippen LogP contribution >= 0.6 is 0 Å². The number of allylic oxidation sites excluding steroid dienone is 2. The molecule has 16 heavy (non-hydrogen) atoms. The molecule has 1 rings (SSSR count). The van der Waals surface area contributed by atoms with E-state index < -0.39 is 0 Å². The summed E-state index contributed by atoms with van der Waals surface area (Å²) in [5.41, 5.74) is -0.00950. The van der Waals surface area contributed by atoms with Crippen molar-refractivity contribution in [2.45, 2.75) is 46.1 Å². The van der Waals surface area contributed by atoms with Gasteiger partial charge < -0.3 is 10.4 Å². The van der Waals surface area contributed by atoms with Gasteiger partial charge in [-0.3, -0.25) is 4.79 Å². The first-order valence-corrected chi connectivity index (χ1v) is 6.01. The summed E-state index contributed by atoms with van der Waals surface area (Å²) >= 11 is 0. The largest absolute Gasteiger partial charge is 0.396 e. The summed E-state index contributed by atoms with van der Waals surface area (Å²) in [5, 5.41) is 12.1. The van der Waals surface area contributed by atoms with E-state index in [0.29, 0.717) is 6.42 Å². The van der Waals surface area contributed by atoms with Crippen LogP contribution in [0.3, 0.4) is 0 Å². The molecule has 0 saturated heterocycles. The molecule has 0 aliphatic heterocycles. The van der Waals surface area contributed by atoms with Crippen LogP contribution in [0.4, 0.5) is 0 Å². The molecule has 1 aliphatic rings. The van der Waals surface area contributed by atoms with Crippen molar-refractivity contribution in [2.24, 2.45) is 11.3 Å². The maximum absolute atomic E-state index is 11.9. The molecule has 2 N–H and O–H groups in total. The highest BCUT2D eigenvalue weighted by Crippen LogP contribution is 2.24. The number of aliphatic hydroxyl groups is 1. The number of rotatable bonds is 4. The molecule has 0 aromatic carbocycles. The molecule has 3 nitrogen and oxygen atoms in total. The average molecular weight is 225 g/mol. The number of nitrogens with one attached hydrogen (secondary N) is 1. The Labute approximate surface area is 97.9 Å². The molecule has 0 fully saturated rings. The Bertz CT molecular complexity index is 258. The van der Waals surface area contributed by atoms with Gasteiger partial charge in [-0.15, -0.1) is 0 Å². The molecule has 0 bridgehead atoms. The van der Waals surface area contributed by atoms with Gasteiger partial charge in [-0.2, -0.15) is 0 Å². The molecule has 0 saturated carbocycles. The minimum Gasteiger partial charge on any atom is -0.396 e. The van der Waals surface area contributed by atoms with Crippen LogP contribution in [0, 0.1) is 11.3 Å². The normalized spacial score (nSPS) is 18.8. The predicted molar refractivity (Wildman–Crippen MR) is 65.0 cm³/mol. The maximum Gasteiger partial charge on any atom is 0.223 e. The van der Waals surface area contributed by atoms with Crippen LogP contribution in [0.1, 0.15) is 40.0 Å². The van der Waals surface area contributed by atoms with Crippen molar-refractivity contribution >= 4 is 5.91 Å². The SMILES string of the molecule is CC(C)(C)C(CCO)NC(=O)C1CC=CC1. The molecule has 0 aromatic rings. The fourth-order valence-electron chi connectivity index (χ4n) is 1.97. The summed E-state index contributed by atoms with van der Waals surface area (Å²) < 4.78 is 0. The molecule has 1 amide bonds. The lowest BCUT2D eigenvalue weighted by Crippen LogP contribution is -2.46. The van der Waals surface area contributed by atoms with E-state index in [4.69, 9.17) is 5.11 Å². The molecule has 3 heteroatoms. The van der Waals surface area contributed by atoms with Crippen LogP contribution in [0.5, 0.6) is 0 Å². The van der Waals surface area contributed by atoms with Crippen LogP contribution < -0.4 is 5.32 Å². The predicted octanol–water partition coefficient (Wildman–Crippen LogP) is 1.87. The second-order valence-corrected chi connectivity index (χ2v) is 5.58. The Hall–Kier alpha value is -0.830. The molecule has 0 spiro atoms. The van der Waals surface area contributed by atoms with E-state index in [1.807, 2.05) is 0 Å². The molecule has 1 atom stereocenters. The van der Waals surface area contributed by atoms with Gasteiger partial charge in [-0.1, -0.05) is 32.9 Å². The van der Waals surface area contributed by atoms with E-state index in [-0.39, 0.29) is 29.9 Å². The highest BCUT2D eigenvalue weighted by molar-refractivity contribution is 5.79.